The van der Waals surface area contributed by atoms with Crippen LogP contribution in [0.1, 0.15) is 13.8 Å². The molecule has 1 atom stereocenters. The van der Waals surface area contributed by atoms with Crippen molar-refractivity contribution in [1.82, 2.24) is 4.98 Å². The average Bonchev–Trinajstić information content (AvgIpc) is 2.60. The molecule has 1 aromatic heterocycles. The molecule has 2 aromatic rings. The van der Waals surface area contributed by atoms with Crippen LogP contribution in [-0.2, 0) is 9.59 Å². The Morgan fingerprint density at radius 2 is 2.04 bits per heavy atom. The van der Waals surface area contributed by atoms with Gasteiger partial charge in [-0.15, -0.1) is 0 Å². The van der Waals surface area contributed by atoms with Gasteiger partial charge in [-0.05, 0) is 36.2 Å². The topological polar surface area (TPSA) is 97.6 Å². The molecule has 2 amide bonds. The number of hydrogen-bond acceptors (Lipinski definition) is 5. The van der Waals surface area contributed by atoms with Gasteiger partial charge in [0.1, 0.15) is 12.4 Å². The Morgan fingerprint density at radius 3 is 2.70 bits per heavy atom. The Morgan fingerprint density at radius 1 is 1.30 bits per heavy atom. The molecule has 0 spiro atoms. The lowest BCUT2D eigenvalue weighted by Crippen LogP contribution is -2.51. The first kappa shape index (κ1) is 19.3. The van der Waals surface area contributed by atoms with Crippen molar-refractivity contribution < 1.29 is 14.3 Å². The fourth-order valence-electron chi connectivity index (χ4n) is 2.67. The minimum absolute atomic E-state index is 0.0798. The summed E-state index contributed by atoms with van der Waals surface area (Å²) in [6, 6.07) is 7.95. The van der Waals surface area contributed by atoms with E-state index in [1.54, 1.807) is 24.3 Å². The third-order valence-electron chi connectivity index (χ3n) is 3.99. The molecule has 0 fully saturated rings. The Bertz CT molecular complexity index is 904. The maximum atomic E-state index is 12.8. The van der Waals surface area contributed by atoms with Gasteiger partial charge in [0, 0.05) is 5.69 Å². The summed E-state index contributed by atoms with van der Waals surface area (Å²) in [4.78, 5) is 30.8. The number of pyridine rings is 1. The van der Waals surface area contributed by atoms with Gasteiger partial charge >= 0.3 is 0 Å². The van der Waals surface area contributed by atoms with E-state index in [-0.39, 0.29) is 30.0 Å². The number of anilines is 3. The molecule has 0 radical (unpaired) electrons. The third-order valence-corrected chi connectivity index (χ3v) is 4.73. The zero-order chi connectivity index (χ0) is 19.7. The zero-order valence-corrected chi connectivity index (χ0v) is 16.2. The Kier molecular flexibility index (Phi) is 5.43. The molecule has 1 aliphatic heterocycles. The molecule has 142 valence electrons. The summed E-state index contributed by atoms with van der Waals surface area (Å²) >= 11 is 11.8. The molecule has 1 aromatic carbocycles. The van der Waals surface area contributed by atoms with Crippen LogP contribution in [0, 0.1) is 5.92 Å². The number of benzene rings is 1. The summed E-state index contributed by atoms with van der Waals surface area (Å²) in [5.41, 5.74) is 6.21. The number of nitrogens with zero attached hydrogens (tertiary/aromatic N) is 2. The number of fused-ring (bicyclic) bond motifs is 1. The Balaban J connectivity index is 1.85. The summed E-state index contributed by atoms with van der Waals surface area (Å²) in [5.74, 6) is 0.0131. The average molecular weight is 409 g/mol. The van der Waals surface area contributed by atoms with Gasteiger partial charge in [-0.25, -0.2) is 4.98 Å². The predicted molar refractivity (Wildman–Crippen MR) is 105 cm³/mol. The summed E-state index contributed by atoms with van der Waals surface area (Å²) in [6.07, 6.45) is -0.708. The van der Waals surface area contributed by atoms with Crippen LogP contribution in [0.5, 0.6) is 5.75 Å². The normalized spacial score (nSPS) is 16.1. The van der Waals surface area contributed by atoms with Crippen molar-refractivity contribution in [2.24, 2.45) is 5.92 Å². The minimum atomic E-state index is -0.708. The maximum absolute atomic E-state index is 12.8. The van der Waals surface area contributed by atoms with Crippen LogP contribution in [0.15, 0.2) is 30.3 Å². The van der Waals surface area contributed by atoms with Gasteiger partial charge in [-0.3, -0.25) is 14.5 Å². The van der Waals surface area contributed by atoms with Crippen LogP contribution < -0.4 is 20.7 Å². The monoisotopic (exact) mass is 408 g/mol. The van der Waals surface area contributed by atoms with E-state index in [1.807, 2.05) is 13.8 Å². The molecule has 3 N–H and O–H groups in total. The van der Waals surface area contributed by atoms with E-state index in [0.29, 0.717) is 21.5 Å². The molecular formula is C18H18Cl2N4O3. The fourth-order valence-corrected chi connectivity index (χ4v) is 2.97. The third kappa shape index (κ3) is 4.09. The fraction of sp³-hybridized carbons (Fsp3) is 0.278. The highest BCUT2D eigenvalue weighted by molar-refractivity contribution is 6.42. The van der Waals surface area contributed by atoms with Gasteiger partial charge < -0.3 is 15.8 Å². The molecule has 27 heavy (non-hydrogen) atoms. The summed E-state index contributed by atoms with van der Waals surface area (Å²) in [7, 11) is 0. The second kappa shape index (κ2) is 7.62. The SMILES string of the molecule is CC(C)C1Oc2ccc(N)nc2N(CC(=O)Nc2ccc(Cl)c(Cl)c2)C1=O. The number of rotatable bonds is 4. The van der Waals surface area contributed by atoms with E-state index in [4.69, 9.17) is 33.7 Å². The second-order valence-electron chi connectivity index (χ2n) is 6.44. The molecule has 2 heterocycles. The molecule has 1 unspecified atom stereocenters. The van der Waals surface area contributed by atoms with E-state index < -0.39 is 12.0 Å². The lowest BCUT2D eigenvalue weighted by Gasteiger charge is -2.34. The number of hydrogen-bond donors (Lipinski definition) is 2. The summed E-state index contributed by atoms with van der Waals surface area (Å²) < 4.78 is 5.75. The smallest absolute Gasteiger partial charge is 0.270 e. The van der Waals surface area contributed by atoms with Crippen molar-refractivity contribution in [1.29, 1.82) is 0 Å². The number of aromatic nitrogens is 1. The number of nitrogens with two attached hydrogens (primary N) is 1. The highest BCUT2D eigenvalue weighted by atomic mass is 35.5. The Hall–Kier alpha value is -2.51. The molecule has 3 rings (SSSR count). The van der Waals surface area contributed by atoms with Crippen molar-refractivity contribution >= 4 is 52.3 Å². The largest absolute Gasteiger partial charge is 0.476 e. The van der Waals surface area contributed by atoms with Gasteiger partial charge in [0.15, 0.2) is 17.7 Å². The number of ether oxygens (including phenoxy) is 1. The van der Waals surface area contributed by atoms with Crippen molar-refractivity contribution in [2.45, 2.75) is 20.0 Å². The highest BCUT2D eigenvalue weighted by Gasteiger charge is 2.38. The van der Waals surface area contributed by atoms with Crippen molar-refractivity contribution in [3.8, 4) is 5.75 Å². The van der Waals surface area contributed by atoms with Crippen LogP contribution in [0.2, 0.25) is 10.0 Å². The maximum Gasteiger partial charge on any atom is 0.270 e. The quantitative estimate of drug-likeness (QED) is 0.807. The molecule has 0 bridgehead atoms. The van der Waals surface area contributed by atoms with Crippen LogP contribution in [0.4, 0.5) is 17.3 Å². The second-order valence-corrected chi connectivity index (χ2v) is 7.26. The molecule has 7 nitrogen and oxygen atoms in total. The lowest BCUT2D eigenvalue weighted by molar-refractivity contribution is -0.129. The number of halogens is 2. The molecule has 1 aliphatic rings. The Labute approximate surface area is 166 Å². The number of nitrogens with one attached hydrogen (secondary N) is 1. The number of carbonyl (C=O) groups is 2. The first-order valence-corrected chi connectivity index (χ1v) is 9.01. The highest BCUT2D eigenvalue weighted by Crippen LogP contribution is 2.34. The number of carbonyl (C=O) groups excluding carboxylic acids is 2. The van der Waals surface area contributed by atoms with Gasteiger partial charge in [-0.1, -0.05) is 37.0 Å². The van der Waals surface area contributed by atoms with Gasteiger partial charge in [0.25, 0.3) is 5.91 Å². The molecule has 0 saturated heterocycles. The van der Waals surface area contributed by atoms with E-state index in [1.165, 1.54) is 11.0 Å². The molecular weight excluding hydrogens is 391 g/mol. The molecule has 9 heteroatoms. The van der Waals surface area contributed by atoms with E-state index >= 15 is 0 Å². The first-order chi connectivity index (χ1) is 12.8. The van der Waals surface area contributed by atoms with Crippen LogP contribution in [-0.4, -0.2) is 29.4 Å². The lowest BCUT2D eigenvalue weighted by atomic mass is 10.0. The minimum Gasteiger partial charge on any atom is -0.476 e. The number of nitrogen functional groups attached to an aromatic ring is 1. The van der Waals surface area contributed by atoms with Gasteiger partial charge in [0.05, 0.1) is 10.0 Å². The number of amides is 2. The van der Waals surface area contributed by atoms with Gasteiger partial charge in [0.2, 0.25) is 5.91 Å². The van der Waals surface area contributed by atoms with Crippen LogP contribution >= 0.6 is 23.2 Å². The predicted octanol–water partition coefficient (Wildman–Crippen LogP) is 3.36. The van der Waals surface area contributed by atoms with E-state index in [0.717, 1.165) is 0 Å². The summed E-state index contributed by atoms with van der Waals surface area (Å²) in [6.45, 7) is 3.49. The first-order valence-electron chi connectivity index (χ1n) is 8.25. The van der Waals surface area contributed by atoms with Crippen molar-refractivity contribution in [3.63, 3.8) is 0 Å². The standard InChI is InChI=1S/C18H18Cl2N4O3/c1-9(2)16-18(26)24(17-13(27-16)5-6-14(21)23-17)8-15(25)22-10-3-4-11(19)12(20)7-10/h3-7,9,16H,8H2,1-2H3,(H2,21,23)(H,22,25). The zero-order valence-electron chi connectivity index (χ0n) is 14.7. The molecule has 0 aliphatic carbocycles. The van der Waals surface area contributed by atoms with Crippen LogP contribution in [0.3, 0.4) is 0 Å². The van der Waals surface area contributed by atoms with E-state index in [2.05, 4.69) is 10.3 Å². The van der Waals surface area contributed by atoms with Crippen molar-refractivity contribution in [2.75, 3.05) is 22.5 Å². The van der Waals surface area contributed by atoms with Gasteiger partial charge in [-0.2, -0.15) is 0 Å². The van der Waals surface area contributed by atoms with Crippen LogP contribution in [0.25, 0.3) is 0 Å². The molecule has 0 saturated carbocycles. The van der Waals surface area contributed by atoms with Crippen molar-refractivity contribution in [3.05, 3.63) is 40.4 Å². The summed E-state index contributed by atoms with van der Waals surface area (Å²) in [5, 5.41) is 3.39. The van der Waals surface area contributed by atoms with E-state index in [9.17, 15) is 9.59 Å².